The van der Waals surface area contributed by atoms with Gasteiger partial charge in [0.1, 0.15) is 5.78 Å². The fourth-order valence-electron chi connectivity index (χ4n) is 6.16. The van der Waals surface area contributed by atoms with E-state index < -0.39 is 0 Å². The monoisotopic (exact) mass is 300 g/mol. The quantitative estimate of drug-likeness (QED) is 0.690. The summed E-state index contributed by atoms with van der Waals surface area (Å²) in [6, 6.07) is 0. The number of fused-ring (bicyclic) bond motifs is 5. The van der Waals surface area contributed by atoms with Gasteiger partial charge in [-0.25, -0.2) is 0 Å². The summed E-state index contributed by atoms with van der Waals surface area (Å²) in [5.41, 5.74) is 0.461. The summed E-state index contributed by atoms with van der Waals surface area (Å²) in [6.45, 7) is 4.32. The molecule has 0 aromatic carbocycles. The van der Waals surface area contributed by atoms with Crippen molar-refractivity contribution in [1.82, 2.24) is 0 Å². The Hall–Kier alpha value is -1.25. The van der Waals surface area contributed by atoms with Gasteiger partial charge in [0.15, 0.2) is 11.6 Å². The molecule has 4 rings (SSSR count). The van der Waals surface area contributed by atoms with Gasteiger partial charge in [0.2, 0.25) is 0 Å². The maximum Gasteiger partial charge on any atom is 0.159 e. The second kappa shape index (κ2) is 4.39. The van der Waals surface area contributed by atoms with Crippen LogP contribution in [-0.4, -0.2) is 17.3 Å². The molecule has 0 bridgehead atoms. The zero-order valence-electron chi connectivity index (χ0n) is 13.5. The van der Waals surface area contributed by atoms with E-state index in [9.17, 15) is 14.4 Å². The SMILES string of the molecule is C[C@]12CCC(=O)C=C1C(=O)C[C@@H]1[C@@H]2CC[C@]2(C)C(=O)CC[C@@H]12. The van der Waals surface area contributed by atoms with E-state index in [-0.39, 0.29) is 22.4 Å². The highest BCUT2D eigenvalue weighted by atomic mass is 16.1. The summed E-state index contributed by atoms with van der Waals surface area (Å²) < 4.78 is 0. The minimum atomic E-state index is -0.191. The third-order valence-electron chi connectivity index (χ3n) is 7.50. The van der Waals surface area contributed by atoms with Crippen molar-refractivity contribution in [2.24, 2.45) is 28.6 Å². The van der Waals surface area contributed by atoms with Crippen molar-refractivity contribution >= 4 is 17.3 Å². The minimum Gasteiger partial charge on any atom is -0.299 e. The summed E-state index contributed by atoms with van der Waals surface area (Å²) in [7, 11) is 0. The van der Waals surface area contributed by atoms with Crippen LogP contribution in [-0.2, 0) is 14.4 Å². The molecule has 0 heterocycles. The van der Waals surface area contributed by atoms with Gasteiger partial charge in [-0.3, -0.25) is 14.4 Å². The molecule has 0 saturated heterocycles. The summed E-state index contributed by atoms with van der Waals surface area (Å²) in [6.07, 6.45) is 7.19. The highest BCUT2D eigenvalue weighted by molar-refractivity contribution is 6.06. The Morgan fingerprint density at radius 1 is 0.955 bits per heavy atom. The second-order valence-corrected chi connectivity index (χ2v) is 8.36. The largest absolute Gasteiger partial charge is 0.299 e. The van der Waals surface area contributed by atoms with Crippen LogP contribution in [0.1, 0.15) is 58.8 Å². The van der Waals surface area contributed by atoms with E-state index in [0.717, 1.165) is 31.3 Å². The topological polar surface area (TPSA) is 51.2 Å². The molecule has 3 fully saturated rings. The fraction of sp³-hybridized carbons (Fsp3) is 0.737. The van der Waals surface area contributed by atoms with E-state index in [1.807, 2.05) is 0 Å². The van der Waals surface area contributed by atoms with Gasteiger partial charge < -0.3 is 0 Å². The third kappa shape index (κ3) is 1.65. The van der Waals surface area contributed by atoms with E-state index in [4.69, 9.17) is 0 Å². The standard InChI is InChI=1S/C19H24O3/c1-18-7-5-11(20)9-15(18)16(21)10-12-13-3-4-17(22)19(13,2)8-6-14(12)18/h9,12-14H,3-8,10H2,1-2H3/t12-,13-,14-,18+,19-/m0/s1. The number of Topliss-reactive ketones (excluding diaryl/α,β-unsaturated/α-hetero) is 2. The smallest absolute Gasteiger partial charge is 0.159 e. The Morgan fingerprint density at radius 2 is 1.68 bits per heavy atom. The summed E-state index contributed by atoms with van der Waals surface area (Å²) in [4.78, 5) is 36.8. The van der Waals surface area contributed by atoms with Gasteiger partial charge in [0, 0.05) is 30.3 Å². The van der Waals surface area contributed by atoms with Crippen LogP contribution in [0.2, 0.25) is 0 Å². The maximum absolute atomic E-state index is 12.7. The molecule has 22 heavy (non-hydrogen) atoms. The molecular formula is C19H24O3. The van der Waals surface area contributed by atoms with Crippen molar-refractivity contribution in [2.75, 3.05) is 0 Å². The number of hydrogen-bond donors (Lipinski definition) is 0. The molecule has 3 nitrogen and oxygen atoms in total. The van der Waals surface area contributed by atoms with Crippen molar-refractivity contribution in [3.05, 3.63) is 11.6 Å². The zero-order valence-corrected chi connectivity index (χ0v) is 13.5. The van der Waals surface area contributed by atoms with Gasteiger partial charge in [-0.2, -0.15) is 0 Å². The average molecular weight is 300 g/mol. The molecule has 4 aliphatic rings. The number of carbonyl (C=O) groups excluding carboxylic acids is 3. The number of rotatable bonds is 0. The van der Waals surface area contributed by atoms with Crippen LogP contribution in [0.25, 0.3) is 0 Å². The molecule has 3 saturated carbocycles. The van der Waals surface area contributed by atoms with Crippen LogP contribution in [0, 0.1) is 28.6 Å². The van der Waals surface area contributed by atoms with E-state index in [0.29, 0.717) is 42.8 Å². The van der Waals surface area contributed by atoms with E-state index in [2.05, 4.69) is 13.8 Å². The minimum absolute atomic E-state index is 0.107. The lowest BCUT2D eigenvalue weighted by Gasteiger charge is -2.56. The Balaban J connectivity index is 1.76. The number of allylic oxidation sites excluding steroid dienone is 1. The summed E-state index contributed by atoms with van der Waals surface area (Å²) >= 11 is 0. The van der Waals surface area contributed by atoms with E-state index >= 15 is 0 Å². The van der Waals surface area contributed by atoms with Gasteiger partial charge >= 0.3 is 0 Å². The number of carbonyl (C=O) groups is 3. The first-order valence-corrected chi connectivity index (χ1v) is 8.68. The predicted octanol–water partition coefficient (Wildman–Crippen LogP) is 3.27. The normalized spacial score (nSPS) is 47.6. The van der Waals surface area contributed by atoms with Crippen LogP contribution >= 0.6 is 0 Å². The van der Waals surface area contributed by atoms with Gasteiger partial charge in [-0.05, 0) is 54.9 Å². The predicted molar refractivity (Wildman–Crippen MR) is 82.1 cm³/mol. The molecule has 3 heteroatoms. The van der Waals surface area contributed by atoms with Crippen LogP contribution in [0.5, 0.6) is 0 Å². The molecule has 0 aromatic heterocycles. The third-order valence-corrected chi connectivity index (χ3v) is 7.50. The summed E-state index contributed by atoms with van der Waals surface area (Å²) in [5, 5.41) is 0. The average Bonchev–Trinajstić information content (AvgIpc) is 2.77. The first-order chi connectivity index (χ1) is 10.4. The maximum atomic E-state index is 12.7. The van der Waals surface area contributed by atoms with E-state index in [1.54, 1.807) is 6.08 Å². The van der Waals surface area contributed by atoms with E-state index in [1.165, 1.54) is 0 Å². The van der Waals surface area contributed by atoms with Crippen molar-refractivity contribution in [3.8, 4) is 0 Å². The van der Waals surface area contributed by atoms with Gasteiger partial charge in [0.25, 0.3) is 0 Å². The first kappa shape index (κ1) is 14.3. The molecule has 5 atom stereocenters. The lowest BCUT2D eigenvalue weighted by atomic mass is 9.47. The van der Waals surface area contributed by atoms with Crippen LogP contribution in [0.4, 0.5) is 0 Å². The molecular weight excluding hydrogens is 276 g/mol. The lowest BCUT2D eigenvalue weighted by Crippen LogP contribution is -2.53. The number of hydrogen-bond acceptors (Lipinski definition) is 3. The molecule has 0 radical (unpaired) electrons. The molecule has 0 amide bonds. The molecule has 0 spiro atoms. The molecule has 0 aromatic rings. The molecule has 0 unspecified atom stereocenters. The van der Waals surface area contributed by atoms with Crippen molar-refractivity contribution < 1.29 is 14.4 Å². The van der Waals surface area contributed by atoms with Crippen molar-refractivity contribution in [2.45, 2.75) is 58.8 Å². The van der Waals surface area contributed by atoms with Gasteiger partial charge in [0.05, 0.1) is 0 Å². The van der Waals surface area contributed by atoms with Gasteiger partial charge in [-0.15, -0.1) is 0 Å². The van der Waals surface area contributed by atoms with Crippen LogP contribution in [0.3, 0.4) is 0 Å². The Labute approximate surface area is 131 Å². The van der Waals surface area contributed by atoms with Crippen molar-refractivity contribution in [1.29, 1.82) is 0 Å². The van der Waals surface area contributed by atoms with Gasteiger partial charge in [-0.1, -0.05) is 13.8 Å². The highest BCUT2D eigenvalue weighted by Crippen LogP contribution is 2.63. The fourth-order valence-corrected chi connectivity index (χ4v) is 6.16. The molecule has 118 valence electrons. The Morgan fingerprint density at radius 3 is 2.45 bits per heavy atom. The molecule has 0 aliphatic heterocycles. The second-order valence-electron chi connectivity index (χ2n) is 8.36. The molecule has 4 aliphatic carbocycles. The number of ketones is 3. The first-order valence-electron chi connectivity index (χ1n) is 8.68. The summed E-state index contributed by atoms with van der Waals surface area (Å²) in [5.74, 6) is 1.87. The zero-order chi connectivity index (χ0) is 15.7. The van der Waals surface area contributed by atoms with Crippen molar-refractivity contribution in [3.63, 3.8) is 0 Å². The van der Waals surface area contributed by atoms with Crippen LogP contribution in [0.15, 0.2) is 11.6 Å². The Kier molecular flexibility index (Phi) is 2.87. The Bertz CT molecular complexity index is 616. The molecule has 0 N–H and O–H groups in total. The lowest BCUT2D eigenvalue weighted by molar-refractivity contribution is -0.138. The van der Waals surface area contributed by atoms with Crippen LogP contribution < -0.4 is 0 Å². The highest BCUT2D eigenvalue weighted by Gasteiger charge is 2.60.